The van der Waals surface area contributed by atoms with Crippen molar-refractivity contribution in [2.75, 3.05) is 0 Å². The molecule has 2 rings (SSSR count). The topological polar surface area (TPSA) is 60.9 Å². The fourth-order valence-corrected chi connectivity index (χ4v) is 2.60. The van der Waals surface area contributed by atoms with Gasteiger partial charge in [0.2, 0.25) is 6.19 Å². The zero-order valence-corrected chi connectivity index (χ0v) is 13.7. The largest absolute Gasteiger partial charge is 0.251 e. The lowest BCUT2D eigenvalue weighted by atomic mass is 10.1. The minimum absolute atomic E-state index is 0.671. The first kappa shape index (κ1) is 15.8. The van der Waals surface area contributed by atoms with Crippen molar-refractivity contribution in [3.63, 3.8) is 0 Å². The van der Waals surface area contributed by atoms with E-state index < -0.39 is 0 Å². The molecule has 0 atom stereocenters. The predicted octanol–water partition coefficient (Wildman–Crippen LogP) is 4.37. The van der Waals surface area contributed by atoms with E-state index in [9.17, 15) is 0 Å². The van der Waals surface area contributed by atoms with Crippen molar-refractivity contribution in [2.24, 2.45) is 15.0 Å². The molecular formula is C18H20N4. The second-order valence-electron chi connectivity index (χ2n) is 5.59. The predicted molar refractivity (Wildman–Crippen MR) is 92.3 cm³/mol. The van der Waals surface area contributed by atoms with Crippen LogP contribution in [-0.4, -0.2) is 17.1 Å². The summed E-state index contributed by atoms with van der Waals surface area (Å²) in [7, 11) is 0. The number of nitriles is 1. The Hall–Kier alpha value is -2.54. The van der Waals surface area contributed by atoms with E-state index in [1.165, 1.54) is 16.7 Å². The second kappa shape index (κ2) is 6.48. The minimum atomic E-state index is 0.671. The standard InChI is InChI=1S/C18H20N4/c1-11-8-12(2)18(13(3)9-11)21-15(5)17-7-6-16(22-17)14(4)20-10-19/h7-9H,6H2,1-5H3. The Balaban J connectivity index is 2.32. The van der Waals surface area contributed by atoms with E-state index >= 15 is 0 Å². The summed E-state index contributed by atoms with van der Waals surface area (Å²) in [6.45, 7) is 10.0. The third kappa shape index (κ3) is 3.37. The summed E-state index contributed by atoms with van der Waals surface area (Å²) in [5.74, 6) is 0. The molecule has 4 nitrogen and oxygen atoms in total. The minimum Gasteiger partial charge on any atom is -0.251 e. The molecule has 4 heteroatoms. The molecule has 0 radical (unpaired) electrons. The summed E-state index contributed by atoms with van der Waals surface area (Å²) in [5.41, 5.74) is 7.85. The molecule has 1 aromatic carbocycles. The van der Waals surface area contributed by atoms with Crippen molar-refractivity contribution in [3.05, 3.63) is 40.6 Å². The number of allylic oxidation sites excluding steroid dienone is 2. The fourth-order valence-electron chi connectivity index (χ4n) is 2.60. The van der Waals surface area contributed by atoms with Crippen LogP contribution in [0.15, 0.2) is 38.9 Å². The number of aryl methyl sites for hydroxylation is 3. The Labute approximate surface area is 131 Å². The zero-order chi connectivity index (χ0) is 16.3. The highest BCUT2D eigenvalue weighted by Crippen LogP contribution is 2.26. The Bertz CT molecular complexity index is 748. The smallest absolute Gasteiger partial charge is 0.205 e. The molecule has 1 heterocycles. The number of aliphatic imine (C=N–C) groups is 3. The molecule has 1 aliphatic heterocycles. The maximum Gasteiger partial charge on any atom is 0.205 e. The molecule has 1 aliphatic rings. The van der Waals surface area contributed by atoms with Gasteiger partial charge in [-0.05, 0) is 45.7 Å². The number of hydrogen-bond acceptors (Lipinski definition) is 4. The SMILES string of the molecule is CC(=Nc1c(C)cc(C)cc1C)C1=CCC(C(C)=NC#N)=N1. The van der Waals surface area contributed by atoms with Gasteiger partial charge in [0.15, 0.2) is 0 Å². The van der Waals surface area contributed by atoms with E-state index in [0.29, 0.717) is 12.1 Å². The number of hydrogen-bond donors (Lipinski definition) is 0. The van der Waals surface area contributed by atoms with Gasteiger partial charge in [-0.2, -0.15) is 10.3 Å². The van der Waals surface area contributed by atoms with E-state index in [1.807, 2.05) is 13.0 Å². The van der Waals surface area contributed by atoms with Crippen molar-refractivity contribution in [1.29, 1.82) is 5.26 Å². The Morgan fingerprint density at radius 1 is 1.14 bits per heavy atom. The third-order valence-electron chi connectivity index (χ3n) is 3.67. The first-order valence-corrected chi connectivity index (χ1v) is 7.27. The average molecular weight is 292 g/mol. The summed E-state index contributed by atoms with van der Waals surface area (Å²) in [4.78, 5) is 13.0. The lowest BCUT2D eigenvalue weighted by Crippen LogP contribution is -2.06. The Morgan fingerprint density at radius 2 is 1.77 bits per heavy atom. The molecule has 0 amide bonds. The summed E-state index contributed by atoms with van der Waals surface area (Å²) in [5, 5.41) is 8.62. The lowest BCUT2D eigenvalue weighted by molar-refractivity contribution is 1.28. The van der Waals surface area contributed by atoms with Crippen LogP contribution in [-0.2, 0) is 0 Å². The quantitative estimate of drug-likeness (QED) is 0.602. The average Bonchev–Trinajstić information content (AvgIpc) is 2.92. The van der Waals surface area contributed by atoms with E-state index in [0.717, 1.165) is 22.8 Å². The van der Waals surface area contributed by atoms with Gasteiger partial charge in [0.05, 0.1) is 28.5 Å². The van der Waals surface area contributed by atoms with E-state index in [2.05, 4.69) is 42.9 Å². The molecule has 1 aromatic rings. The highest BCUT2D eigenvalue weighted by atomic mass is 14.9. The van der Waals surface area contributed by atoms with E-state index in [1.54, 1.807) is 13.1 Å². The van der Waals surface area contributed by atoms with E-state index in [-0.39, 0.29) is 0 Å². The first-order chi connectivity index (χ1) is 10.4. The molecule has 0 fully saturated rings. The fraction of sp³-hybridized carbons (Fsp3) is 0.333. The number of benzene rings is 1. The third-order valence-corrected chi connectivity index (χ3v) is 3.67. The molecule has 0 unspecified atom stereocenters. The maximum absolute atomic E-state index is 8.62. The van der Waals surface area contributed by atoms with Crippen LogP contribution < -0.4 is 0 Å². The lowest BCUT2D eigenvalue weighted by Gasteiger charge is -2.08. The van der Waals surface area contributed by atoms with Crippen LogP contribution in [0.5, 0.6) is 0 Å². The highest BCUT2D eigenvalue weighted by Gasteiger charge is 2.14. The van der Waals surface area contributed by atoms with Crippen molar-refractivity contribution in [2.45, 2.75) is 41.0 Å². The van der Waals surface area contributed by atoms with Crippen LogP contribution in [0, 0.1) is 32.2 Å². The van der Waals surface area contributed by atoms with Crippen LogP contribution in [0.2, 0.25) is 0 Å². The van der Waals surface area contributed by atoms with Gasteiger partial charge in [0.1, 0.15) is 0 Å². The van der Waals surface area contributed by atoms with Gasteiger partial charge in [-0.1, -0.05) is 23.8 Å². The Morgan fingerprint density at radius 3 is 2.36 bits per heavy atom. The van der Waals surface area contributed by atoms with E-state index in [4.69, 9.17) is 10.3 Å². The van der Waals surface area contributed by atoms with Gasteiger partial charge in [-0.25, -0.2) is 4.99 Å². The summed E-state index contributed by atoms with van der Waals surface area (Å²) in [6.07, 6.45) is 4.53. The van der Waals surface area contributed by atoms with Gasteiger partial charge in [0, 0.05) is 6.42 Å². The Kier molecular flexibility index (Phi) is 4.67. The van der Waals surface area contributed by atoms with Crippen LogP contribution in [0.25, 0.3) is 0 Å². The number of rotatable bonds is 3. The van der Waals surface area contributed by atoms with Crippen LogP contribution in [0.1, 0.15) is 37.0 Å². The molecule has 112 valence electrons. The molecule has 0 N–H and O–H groups in total. The van der Waals surface area contributed by atoms with Gasteiger partial charge < -0.3 is 0 Å². The summed E-state index contributed by atoms with van der Waals surface area (Å²) in [6, 6.07) is 4.28. The van der Waals surface area contributed by atoms with Crippen molar-refractivity contribution >= 4 is 22.8 Å². The maximum atomic E-state index is 8.62. The highest BCUT2D eigenvalue weighted by molar-refractivity contribution is 6.43. The molecule has 0 spiro atoms. The molecular weight excluding hydrogens is 272 g/mol. The second-order valence-corrected chi connectivity index (χ2v) is 5.59. The normalized spacial score (nSPS) is 15.5. The van der Waals surface area contributed by atoms with Crippen molar-refractivity contribution < 1.29 is 0 Å². The molecule has 22 heavy (non-hydrogen) atoms. The molecule has 0 saturated carbocycles. The molecule has 0 bridgehead atoms. The molecule has 0 saturated heterocycles. The summed E-state index contributed by atoms with van der Waals surface area (Å²) < 4.78 is 0. The van der Waals surface area contributed by atoms with Gasteiger partial charge in [0.25, 0.3) is 0 Å². The van der Waals surface area contributed by atoms with Gasteiger partial charge in [-0.15, -0.1) is 0 Å². The monoisotopic (exact) mass is 292 g/mol. The number of nitrogens with zero attached hydrogens (tertiary/aromatic N) is 4. The van der Waals surface area contributed by atoms with Gasteiger partial charge in [-0.3, -0.25) is 4.99 Å². The van der Waals surface area contributed by atoms with Crippen LogP contribution >= 0.6 is 0 Å². The van der Waals surface area contributed by atoms with Crippen molar-refractivity contribution in [3.8, 4) is 6.19 Å². The first-order valence-electron chi connectivity index (χ1n) is 7.27. The zero-order valence-electron chi connectivity index (χ0n) is 13.7. The molecule has 0 aliphatic carbocycles. The van der Waals surface area contributed by atoms with Crippen LogP contribution in [0.3, 0.4) is 0 Å². The van der Waals surface area contributed by atoms with Crippen molar-refractivity contribution in [1.82, 2.24) is 0 Å². The van der Waals surface area contributed by atoms with Crippen LogP contribution in [0.4, 0.5) is 5.69 Å². The van der Waals surface area contributed by atoms with Gasteiger partial charge >= 0.3 is 0 Å². The molecule has 0 aromatic heterocycles. The summed E-state index contributed by atoms with van der Waals surface area (Å²) >= 11 is 0.